The number of ether oxygens (including phenoxy) is 1. The van der Waals surface area contributed by atoms with Crippen LogP contribution >= 0.6 is 0 Å². The van der Waals surface area contributed by atoms with E-state index in [1.165, 1.54) is 12.1 Å². The molecule has 1 aromatic rings. The molecule has 0 radical (unpaired) electrons. The number of esters is 1. The Labute approximate surface area is 109 Å². The van der Waals surface area contributed by atoms with Crippen molar-refractivity contribution in [2.75, 3.05) is 11.9 Å². The van der Waals surface area contributed by atoms with Crippen molar-refractivity contribution in [1.29, 1.82) is 0 Å². The van der Waals surface area contributed by atoms with E-state index >= 15 is 0 Å². The van der Waals surface area contributed by atoms with Gasteiger partial charge in [-0.25, -0.2) is 0 Å². The molecule has 1 unspecified atom stereocenters. The Morgan fingerprint density at radius 2 is 2.11 bits per heavy atom. The molecule has 0 bridgehead atoms. The van der Waals surface area contributed by atoms with Gasteiger partial charge in [-0.15, -0.1) is 0 Å². The number of hydrogen-bond donors (Lipinski definition) is 1. The van der Waals surface area contributed by atoms with Crippen LogP contribution in [0.15, 0.2) is 24.3 Å². The number of benzene rings is 1. The average Bonchev–Trinajstić information content (AvgIpc) is 2.28. The molecule has 0 saturated carbocycles. The first kappa shape index (κ1) is 15.3. The number of halogens is 3. The summed E-state index contributed by atoms with van der Waals surface area (Å²) >= 11 is 0. The smallest absolute Gasteiger partial charge is 0.416 e. The van der Waals surface area contributed by atoms with E-state index < -0.39 is 11.7 Å². The van der Waals surface area contributed by atoms with Crippen molar-refractivity contribution in [3.05, 3.63) is 29.8 Å². The highest BCUT2D eigenvalue weighted by molar-refractivity contribution is 5.70. The Morgan fingerprint density at radius 3 is 2.68 bits per heavy atom. The summed E-state index contributed by atoms with van der Waals surface area (Å²) in [5, 5.41) is 2.84. The van der Waals surface area contributed by atoms with Crippen LogP contribution in [0.3, 0.4) is 0 Å². The van der Waals surface area contributed by atoms with Crippen molar-refractivity contribution in [3.8, 4) is 0 Å². The van der Waals surface area contributed by atoms with Gasteiger partial charge in [-0.3, -0.25) is 4.79 Å². The maximum Gasteiger partial charge on any atom is 0.416 e. The molecule has 6 heteroatoms. The summed E-state index contributed by atoms with van der Waals surface area (Å²) in [6.07, 6.45) is -4.27. The van der Waals surface area contributed by atoms with Gasteiger partial charge in [0.1, 0.15) is 0 Å². The largest absolute Gasteiger partial charge is 0.466 e. The van der Waals surface area contributed by atoms with E-state index in [9.17, 15) is 18.0 Å². The maximum absolute atomic E-state index is 12.5. The number of nitrogens with one attached hydrogen (secondary N) is 1. The summed E-state index contributed by atoms with van der Waals surface area (Å²) in [5.74, 6) is -0.380. The van der Waals surface area contributed by atoms with Crippen molar-refractivity contribution in [2.45, 2.75) is 32.5 Å². The SMILES string of the molecule is CCOC(=O)CC(C)Nc1cccc(C(F)(F)F)c1. The van der Waals surface area contributed by atoms with E-state index in [1.807, 2.05) is 0 Å². The van der Waals surface area contributed by atoms with Gasteiger partial charge in [-0.2, -0.15) is 13.2 Å². The van der Waals surface area contributed by atoms with Crippen LogP contribution in [0.2, 0.25) is 0 Å². The molecular formula is C13H16F3NO2. The number of hydrogen-bond acceptors (Lipinski definition) is 3. The van der Waals surface area contributed by atoms with Crippen molar-refractivity contribution in [2.24, 2.45) is 0 Å². The van der Waals surface area contributed by atoms with Gasteiger partial charge in [0.05, 0.1) is 18.6 Å². The number of carbonyl (C=O) groups excluding carboxylic acids is 1. The van der Waals surface area contributed by atoms with Crippen LogP contribution in [-0.4, -0.2) is 18.6 Å². The second-order valence-corrected chi connectivity index (χ2v) is 4.13. The van der Waals surface area contributed by atoms with E-state index in [1.54, 1.807) is 13.8 Å². The Bertz CT molecular complexity index is 432. The molecule has 1 N–H and O–H groups in total. The van der Waals surface area contributed by atoms with Crippen LogP contribution < -0.4 is 5.32 Å². The van der Waals surface area contributed by atoms with E-state index in [-0.39, 0.29) is 25.0 Å². The zero-order valence-electron chi connectivity index (χ0n) is 10.8. The van der Waals surface area contributed by atoms with Gasteiger partial charge in [0.15, 0.2) is 0 Å². The van der Waals surface area contributed by atoms with Gasteiger partial charge in [0.25, 0.3) is 0 Å². The second kappa shape index (κ2) is 6.45. The van der Waals surface area contributed by atoms with Crippen molar-refractivity contribution < 1.29 is 22.7 Å². The molecule has 1 rings (SSSR count). The lowest BCUT2D eigenvalue weighted by atomic mass is 10.1. The molecule has 19 heavy (non-hydrogen) atoms. The third-order valence-corrected chi connectivity index (χ3v) is 2.38. The predicted molar refractivity (Wildman–Crippen MR) is 65.8 cm³/mol. The van der Waals surface area contributed by atoms with Crippen LogP contribution in [0.25, 0.3) is 0 Å². The minimum Gasteiger partial charge on any atom is -0.466 e. The molecule has 1 aromatic carbocycles. The second-order valence-electron chi connectivity index (χ2n) is 4.13. The zero-order chi connectivity index (χ0) is 14.5. The first-order valence-electron chi connectivity index (χ1n) is 5.92. The van der Waals surface area contributed by atoms with Crippen LogP contribution in [0.1, 0.15) is 25.8 Å². The van der Waals surface area contributed by atoms with Crippen molar-refractivity contribution >= 4 is 11.7 Å². The summed E-state index contributed by atoms with van der Waals surface area (Å²) in [6, 6.07) is 4.56. The molecule has 0 aliphatic heterocycles. The van der Waals surface area contributed by atoms with Gasteiger partial charge >= 0.3 is 12.1 Å². The normalized spacial score (nSPS) is 12.9. The first-order valence-corrected chi connectivity index (χ1v) is 5.92. The minimum atomic E-state index is -4.37. The number of rotatable bonds is 5. The van der Waals surface area contributed by atoms with Crippen molar-refractivity contribution in [3.63, 3.8) is 0 Å². The summed E-state index contributed by atoms with van der Waals surface area (Å²) in [4.78, 5) is 11.2. The third kappa shape index (κ3) is 5.19. The zero-order valence-corrected chi connectivity index (χ0v) is 10.8. The Hall–Kier alpha value is -1.72. The molecule has 0 aliphatic carbocycles. The van der Waals surface area contributed by atoms with Crippen LogP contribution in [0, 0.1) is 0 Å². The van der Waals surface area contributed by atoms with Gasteiger partial charge in [0, 0.05) is 11.7 Å². The first-order chi connectivity index (χ1) is 8.82. The molecule has 0 fully saturated rings. The monoisotopic (exact) mass is 275 g/mol. The molecule has 106 valence electrons. The maximum atomic E-state index is 12.5. The lowest BCUT2D eigenvalue weighted by molar-refractivity contribution is -0.143. The highest BCUT2D eigenvalue weighted by atomic mass is 19.4. The van der Waals surface area contributed by atoms with Crippen LogP contribution in [0.5, 0.6) is 0 Å². The van der Waals surface area contributed by atoms with Gasteiger partial charge in [-0.05, 0) is 32.0 Å². The quantitative estimate of drug-likeness (QED) is 0.836. The fourth-order valence-electron chi connectivity index (χ4n) is 1.59. The lowest BCUT2D eigenvalue weighted by Crippen LogP contribution is -2.21. The number of alkyl halides is 3. The molecule has 1 atom stereocenters. The summed E-state index contributed by atoms with van der Waals surface area (Å²) < 4.78 is 42.3. The topological polar surface area (TPSA) is 38.3 Å². The standard InChI is InChI=1S/C13H16F3NO2/c1-3-19-12(18)7-9(2)17-11-6-4-5-10(8-11)13(14,15)16/h4-6,8-9,17H,3,7H2,1-2H3. The molecule has 0 amide bonds. The third-order valence-electron chi connectivity index (χ3n) is 2.38. The highest BCUT2D eigenvalue weighted by Gasteiger charge is 2.30. The summed E-state index contributed by atoms with van der Waals surface area (Å²) in [7, 11) is 0. The van der Waals surface area contributed by atoms with E-state index in [0.29, 0.717) is 5.69 Å². The molecule has 0 spiro atoms. The summed E-state index contributed by atoms with van der Waals surface area (Å²) in [5.41, 5.74) is -0.396. The number of anilines is 1. The minimum absolute atomic E-state index is 0.101. The molecule has 3 nitrogen and oxygen atoms in total. The predicted octanol–water partition coefficient (Wildman–Crippen LogP) is 3.46. The fourth-order valence-corrected chi connectivity index (χ4v) is 1.59. The average molecular weight is 275 g/mol. The Kier molecular flexibility index (Phi) is 5.20. The highest BCUT2D eigenvalue weighted by Crippen LogP contribution is 2.30. The Balaban J connectivity index is 2.64. The van der Waals surface area contributed by atoms with E-state index in [0.717, 1.165) is 12.1 Å². The van der Waals surface area contributed by atoms with Crippen LogP contribution in [0.4, 0.5) is 18.9 Å². The van der Waals surface area contributed by atoms with E-state index in [4.69, 9.17) is 4.74 Å². The Morgan fingerprint density at radius 1 is 1.42 bits per heavy atom. The van der Waals surface area contributed by atoms with Gasteiger partial charge in [-0.1, -0.05) is 6.07 Å². The van der Waals surface area contributed by atoms with E-state index in [2.05, 4.69) is 5.32 Å². The molecule has 0 heterocycles. The fraction of sp³-hybridized carbons (Fsp3) is 0.462. The van der Waals surface area contributed by atoms with Gasteiger partial charge in [0.2, 0.25) is 0 Å². The summed E-state index contributed by atoms with van der Waals surface area (Å²) in [6.45, 7) is 3.69. The molecule has 0 aliphatic rings. The molecule has 0 saturated heterocycles. The number of carbonyl (C=O) groups is 1. The lowest BCUT2D eigenvalue weighted by Gasteiger charge is -2.15. The van der Waals surface area contributed by atoms with Gasteiger partial charge < -0.3 is 10.1 Å². The van der Waals surface area contributed by atoms with Crippen molar-refractivity contribution in [1.82, 2.24) is 0 Å². The molecular weight excluding hydrogens is 259 g/mol. The van der Waals surface area contributed by atoms with Crippen LogP contribution in [-0.2, 0) is 15.7 Å². The molecule has 0 aromatic heterocycles.